The molecule has 20 heavy (non-hydrogen) atoms. The Morgan fingerprint density at radius 2 is 1.95 bits per heavy atom. The molecule has 0 saturated carbocycles. The molecule has 0 bridgehead atoms. The van der Waals surface area contributed by atoms with E-state index in [1.807, 2.05) is 0 Å². The van der Waals surface area contributed by atoms with E-state index in [9.17, 15) is 9.18 Å². The molecule has 0 aromatic heterocycles. The highest BCUT2D eigenvalue weighted by molar-refractivity contribution is 6.35. The van der Waals surface area contributed by atoms with E-state index in [4.69, 9.17) is 23.2 Å². The fourth-order valence-corrected chi connectivity index (χ4v) is 2.02. The second-order valence-electron chi connectivity index (χ2n) is 4.00. The normalized spacial score (nSPS) is 10.8. The third-order valence-electron chi connectivity index (χ3n) is 2.47. The number of anilines is 1. The van der Waals surface area contributed by atoms with Crippen molar-refractivity contribution in [1.82, 2.24) is 0 Å². The Balaban J connectivity index is 2.06. The van der Waals surface area contributed by atoms with Gasteiger partial charge in [0.05, 0.1) is 0 Å². The molecule has 0 aliphatic heterocycles. The number of nitrogens with one attached hydrogen (secondary N) is 1. The first-order valence-corrected chi connectivity index (χ1v) is 6.50. The lowest BCUT2D eigenvalue weighted by Crippen LogP contribution is -2.07. The zero-order valence-corrected chi connectivity index (χ0v) is 11.8. The predicted molar refractivity (Wildman–Crippen MR) is 80.5 cm³/mol. The van der Waals surface area contributed by atoms with Gasteiger partial charge in [-0.3, -0.25) is 4.79 Å². The van der Waals surface area contributed by atoms with Crippen molar-refractivity contribution in [1.29, 1.82) is 0 Å². The van der Waals surface area contributed by atoms with Crippen molar-refractivity contribution in [3.8, 4) is 0 Å². The molecule has 0 aliphatic carbocycles. The minimum Gasteiger partial charge on any atom is -0.322 e. The van der Waals surface area contributed by atoms with E-state index in [-0.39, 0.29) is 5.91 Å². The van der Waals surface area contributed by atoms with Gasteiger partial charge in [-0.1, -0.05) is 35.3 Å². The fraction of sp³-hybridized carbons (Fsp3) is 0. The summed E-state index contributed by atoms with van der Waals surface area (Å²) >= 11 is 11.8. The van der Waals surface area contributed by atoms with Crippen molar-refractivity contribution in [3.05, 3.63) is 70.0 Å². The van der Waals surface area contributed by atoms with Crippen LogP contribution in [0.4, 0.5) is 10.1 Å². The molecule has 0 atom stereocenters. The summed E-state index contributed by atoms with van der Waals surface area (Å²) in [5.41, 5.74) is 1.06. The number of rotatable bonds is 3. The Kier molecular flexibility index (Phi) is 4.77. The topological polar surface area (TPSA) is 29.1 Å². The van der Waals surface area contributed by atoms with Gasteiger partial charge in [0.15, 0.2) is 0 Å². The van der Waals surface area contributed by atoms with E-state index in [0.717, 1.165) is 0 Å². The summed E-state index contributed by atoms with van der Waals surface area (Å²) in [5.74, 6) is -0.783. The monoisotopic (exact) mass is 309 g/mol. The first-order valence-electron chi connectivity index (χ1n) is 5.74. The van der Waals surface area contributed by atoms with Gasteiger partial charge in [-0.25, -0.2) is 4.39 Å². The molecule has 2 aromatic carbocycles. The maximum atomic E-state index is 13.0. The highest BCUT2D eigenvalue weighted by Gasteiger charge is 2.01. The second kappa shape index (κ2) is 6.55. The summed E-state index contributed by atoms with van der Waals surface area (Å²) in [6.45, 7) is 0. The van der Waals surface area contributed by atoms with Gasteiger partial charge in [0.25, 0.3) is 0 Å². The first-order chi connectivity index (χ1) is 9.54. The molecule has 1 N–H and O–H groups in total. The average molecular weight is 310 g/mol. The summed E-state index contributed by atoms with van der Waals surface area (Å²) in [4.78, 5) is 11.7. The zero-order chi connectivity index (χ0) is 14.5. The number of halogens is 3. The maximum Gasteiger partial charge on any atom is 0.248 e. The number of hydrogen-bond donors (Lipinski definition) is 1. The van der Waals surface area contributed by atoms with Crippen LogP contribution in [-0.4, -0.2) is 5.91 Å². The molecule has 0 fully saturated rings. The van der Waals surface area contributed by atoms with Crippen LogP contribution in [0.2, 0.25) is 10.0 Å². The van der Waals surface area contributed by atoms with Crippen LogP contribution in [0.25, 0.3) is 6.08 Å². The van der Waals surface area contributed by atoms with Gasteiger partial charge in [0.1, 0.15) is 5.82 Å². The van der Waals surface area contributed by atoms with Crippen LogP contribution < -0.4 is 5.32 Å². The smallest absolute Gasteiger partial charge is 0.248 e. The summed E-state index contributed by atoms with van der Waals surface area (Å²) in [6.07, 6.45) is 2.88. The van der Waals surface area contributed by atoms with Gasteiger partial charge in [0.2, 0.25) is 5.91 Å². The molecule has 0 heterocycles. The third-order valence-corrected chi connectivity index (χ3v) is 3.03. The third kappa shape index (κ3) is 4.08. The van der Waals surface area contributed by atoms with Crippen LogP contribution in [-0.2, 0) is 4.79 Å². The first kappa shape index (κ1) is 14.6. The van der Waals surface area contributed by atoms with Crippen molar-refractivity contribution in [3.63, 3.8) is 0 Å². The molecule has 1 amide bonds. The molecule has 0 radical (unpaired) electrons. The van der Waals surface area contributed by atoms with Gasteiger partial charge < -0.3 is 5.32 Å². The largest absolute Gasteiger partial charge is 0.322 e. The maximum absolute atomic E-state index is 13.0. The van der Waals surface area contributed by atoms with Crippen molar-refractivity contribution in [2.75, 3.05) is 5.32 Å². The Labute approximate surface area is 125 Å². The molecule has 0 aliphatic rings. The second-order valence-corrected chi connectivity index (χ2v) is 4.84. The molecule has 102 valence electrons. The van der Waals surface area contributed by atoms with E-state index >= 15 is 0 Å². The molecule has 0 spiro atoms. The highest BCUT2D eigenvalue weighted by atomic mass is 35.5. The Morgan fingerprint density at radius 3 is 2.65 bits per heavy atom. The van der Waals surface area contributed by atoms with Crippen molar-refractivity contribution >= 4 is 40.9 Å². The van der Waals surface area contributed by atoms with Crippen molar-refractivity contribution in [2.45, 2.75) is 0 Å². The number of benzene rings is 2. The molecule has 0 unspecified atom stereocenters. The SMILES string of the molecule is O=C(/C=C/c1ccc(Cl)cc1Cl)Nc1cccc(F)c1. The Morgan fingerprint density at radius 1 is 1.15 bits per heavy atom. The van der Waals surface area contributed by atoms with Crippen LogP contribution in [0.15, 0.2) is 48.5 Å². The van der Waals surface area contributed by atoms with Crippen LogP contribution in [0.3, 0.4) is 0 Å². The highest BCUT2D eigenvalue weighted by Crippen LogP contribution is 2.22. The minimum absolute atomic E-state index is 0.374. The van der Waals surface area contributed by atoms with Gasteiger partial charge in [-0.15, -0.1) is 0 Å². The molecule has 0 saturated heterocycles. The van der Waals surface area contributed by atoms with E-state index < -0.39 is 5.82 Å². The number of carbonyl (C=O) groups excluding carboxylic acids is 1. The van der Waals surface area contributed by atoms with Crippen molar-refractivity contribution in [2.24, 2.45) is 0 Å². The van der Waals surface area contributed by atoms with Gasteiger partial charge in [-0.2, -0.15) is 0 Å². The molecular formula is C15H10Cl2FNO. The van der Waals surface area contributed by atoms with E-state index in [0.29, 0.717) is 21.3 Å². The van der Waals surface area contributed by atoms with Crippen molar-refractivity contribution < 1.29 is 9.18 Å². The number of hydrogen-bond acceptors (Lipinski definition) is 1. The Bertz CT molecular complexity index is 671. The summed E-state index contributed by atoms with van der Waals surface area (Å²) in [5, 5.41) is 3.52. The van der Waals surface area contributed by atoms with E-state index in [1.165, 1.54) is 24.3 Å². The average Bonchev–Trinajstić information content (AvgIpc) is 2.37. The van der Waals surface area contributed by atoms with Crippen LogP contribution in [0.5, 0.6) is 0 Å². The Hall–Kier alpha value is -1.84. The van der Waals surface area contributed by atoms with Crippen LogP contribution in [0.1, 0.15) is 5.56 Å². The molecule has 2 aromatic rings. The van der Waals surface area contributed by atoms with Gasteiger partial charge in [0, 0.05) is 21.8 Å². The standard InChI is InChI=1S/C15H10Cl2FNO/c16-11-6-4-10(14(17)8-11)5-7-15(20)19-13-3-1-2-12(18)9-13/h1-9H,(H,19,20)/b7-5+. The fourth-order valence-electron chi connectivity index (χ4n) is 1.55. The molecule has 2 rings (SSSR count). The number of amides is 1. The minimum atomic E-state index is -0.410. The lowest BCUT2D eigenvalue weighted by molar-refractivity contribution is -0.111. The summed E-state index contributed by atoms with van der Waals surface area (Å²) in [7, 11) is 0. The van der Waals surface area contributed by atoms with Crippen LogP contribution in [0, 0.1) is 5.82 Å². The summed E-state index contributed by atoms with van der Waals surface area (Å²) in [6, 6.07) is 10.6. The molecular weight excluding hydrogens is 300 g/mol. The van der Waals surface area contributed by atoms with Gasteiger partial charge >= 0.3 is 0 Å². The lowest BCUT2D eigenvalue weighted by atomic mass is 10.2. The molecule has 2 nitrogen and oxygen atoms in total. The predicted octanol–water partition coefficient (Wildman–Crippen LogP) is 4.78. The van der Waals surface area contributed by atoms with Gasteiger partial charge in [-0.05, 0) is 42.0 Å². The lowest BCUT2D eigenvalue weighted by Gasteiger charge is -2.02. The number of carbonyl (C=O) groups is 1. The molecule has 5 heteroatoms. The van der Waals surface area contributed by atoms with Crippen LogP contribution >= 0.6 is 23.2 Å². The van der Waals surface area contributed by atoms with E-state index in [2.05, 4.69) is 5.32 Å². The quantitative estimate of drug-likeness (QED) is 0.812. The summed E-state index contributed by atoms with van der Waals surface area (Å²) < 4.78 is 13.0. The zero-order valence-electron chi connectivity index (χ0n) is 10.2. The van der Waals surface area contributed by atoms with E-state index in [1.54, 1.807) is 30.3 Å².